The van der Waals surface area contributed by atoms with E-state index in [1.807, 2.05) is 32.0 Å². The summed E-state index contributed by atoms with van der Waals surface area (Å²) in [6, 6.07) is 12.2. The van der Waals surface area contributed by atoms with Gasteiger partial charge in [-0.25, -0.2) is 14.1 Å². The molecule has 1 heterocycles. The van der Waals surface area contributed by atoms with Crippen LogP contribution in [0.5, 0.6) is 11.5 Å². The number of carbonyl (C=O) groups is 4. The van der Waals surface area contributed by atoms with Crippen molar-refractivity contribution in [2.24, 2.45) is 0 Å². The van der Waals surface area contributed by atoms with Crippen molar-refractivity contribution < 1.29 is 33.0 Å². The minimum atomic E-state index is -0.966. The third kappa shape index (κ3) is 6.07. The van der Waals surface area contributed by atoms with Crippen LogP contribution in [0.3, 0.4) is 0 Å². The van der Waals surface area contributed by atoms with Gasteiger partial charge >= 0.3 is 6.03 Å². The molecule has 200 valence electrons. The third-order valence-electron chi connectivity index (χ3n) is 5.76. The minimum absolute atomic E-state index is 0.0517. The number of barbiturate groups is 1. The number of imide groups is 2. The number of carbonyl (C=O) groups excluding carboxylic acids is 4. The molecule has 0 saturated carbocycles. The lowest BCUT2D eigenvalue weighted by atomic mass is 10.1. The van der Waals surface area contributed by atoms with E-state index in [0.717, 1.165) is 28.2 Å². The fourth-order valence-electron chi connectivity index (χ4n) is 3.81. The highest BCUT2D eigenvalue weighted by Gasteiger charge is 2.37. The third-order valence-corrected chi connectivity index (χ3v) is 6.04. The number of methoxy groups -OCH3 is 1. The zero-order valence-electron chi connectivity index (χ0n) is 21.1. The second-order valence-electron chi connectivity index (χ2n) is 8.62. The lowest BCUT2D eigenvalue weighted by Gasteiger charge is -2.26. The van der Waals surface area contributed by atoms with Crippen LogP contribution in [0.1, 0.15) is 16.7 Å². The van der Waals surface area contributed by atoms with Crippen molar-refractivity contribution in [1.82, 2.24) is 5.32 Å². The molecule has 0 unspecified atom stereocenters. The first-order valence-corrected chi connectivity index (χ1v) is 12.0. The number of amides is 5. The number of benzene rings is 3. The molecule has 5 amide bonds. The number of anilines is 2. The van der Waals surface area contributed by atoms with Crippen LogP contribution in [0.2, 0.25) is 5.02 Å². The molecule has 0 bridgehead atoms. The summed E-state index contributed by atoms with van der Waals surface area (Å²) in [6.07, 6.45) is 1.23. The predicted molar refractivity (Wildman–Crippen MR) is 143 cm³/mol. The number of hydrogen-bond acceptors (Lipinski definition) is 6. The summed E-state index contributed by atoms with van der Waals surface area (Å²) in [5.41, 5.74) is 2.54. The maximum atomic E-state index is 13.3. The summed E-state index contributed by atoms with van der Waals surface area (Å²) in [6.45, 7) is 3.42. The average molecular weight is 552 g/mol. The van der Waals surface area contributed by atoms with E-state index >= 15 is 0 Å². The van der Waals surface area contributed by atoms with E-state index in [4.69, 9.17) is 21.1 Å². The highest BCUT2D eigenvalue weighted by atomic mass is 35.5. The van der Waals surface area contributed by atoms with Crippen molar-refractivity contribution in [3.05, 3.63) is 87.7 Å². The standard InChI is InChI=1S/C28H23ClFN3O6/c1-15-4-5-16(2)22(10-15)31-24(34)14-39-25-21(29)12-17(13-23(25)38-3)11-20-26(35)32-28(37)33(27(20)36)19-8-6-18(30)7-9-19/h4-13H,14H2,1-3H3,(H,31,34)(H,32,35,37)/b20-11+. The summed E-state index contributed by atoms with van der Waals surface area (Å²) in [7, 11) is 1.36. The number of hydrogen-bond donors (Lipinski definition) is 2. The molecule has 4 rings (SSSR count). The molecule has 9 nitrogen and oxygen atoms in total. The highest BCUT2D eigenvalue weighted by Crippen LogP contribution is 2.37. The zero-order chi connectivity index (χ0) is 28.3. The molecular weight excluding hydrogens is 529 g/mol. The number of urea groups is 1. The molecule has 0 spiro atoms. The Morgan fingerprint density at radius 1 is 1.08 bits per heavy atom. The molecule has 0 aromatic heterocycles. The van der Waals surface area contributed by atoms with E-state index in [1.165, 1.54) is 37.5 Å². The molecule has 1 saturated heterocycles. The van der Waals surface area contributed by atoms with E-state index in [-0.39, 0.29) is 40.0 Å². The molecule has 11 heteroatoms. The van der Waals surface area contributed by atoms with Crippen molar-refractivity contribution >= 4 is 52.8 Å². The number of nitrogens with zero attached hydrogens (tertiary/aromatic N) is 1. The number of aryl methyl sites for hydroxylation is 2. The number of halogens is 2. The van der Waals surface area contributed by atoms with Crippen LogP contribution in [0.25, 0.3) is 6.08 Å². The number of rotatable bonds is 7. The first-order valence-electron chi connectivity index (χ1n) is 11.6. The summed E-state index contributed by atoms with van der Waals surface area (Å²) in [5.74, 6) is -2.56. The second-order valence-corrected chi connectivity index (χ2v) is 9.03. The number of ether oxygens (including phenoxy) is 2. The molecule has 1 fully saturated rings. The van der Waals surface area contributed by atoms with Gasteiger partial charge in [-0.15, -0.1) is 0 Å². The molecule has 3 aromatic carbocycles. The van der Waals surface area contributed by atoms with Crippen molar-refractivity contribution in [2.75, 3.05) is 23.9 Å². The Labute approximate surface area is 228 Å². The van der Waals surface area contributed by atoms with Gasteiger partial charge in [-0.2, -0.15) is 0 Å². The van der Waals surface area contributed by atoms with Gasteiger partial charge in [0.2, 0.25) is 0 Å². The molecular formula is C28H23ClFN3O6. The molecule has 2 N–H and O–H groups in total. The van der Waals surface area contributed by atoms with Crippen LogP contribution < -0.4 is 25.0 Å². The average Bonchev–Trinajstić information content (AvgIpc) is 2.88. The Hall–Kier alpha value is -4.70. The summed E-state index contributed by atoms with van der Waals surface area (Å²) < 4.78 is 24.3. The Morgan fingerprint density at radius 3 is 2.49 bits per heavy atom. The van der Waals surface area contributed by atoms with Gasteiger partial charge in [-0.05, 0) is 79.1 Å². The van der Waals surface area contributed by atoms with Crippen LogP contribution in [-0.2, 0) is 14.4 Å². The molecule has 0 radical (unpaired) electrons. The normalized spacial score (nSPS) is 14.3. The van der Waals surface area contributed by atoms with Crippen molar-refractivity contribution in [2.45, 2.75) is 13.8 Å². The molecule has 39 heavy (non-hydrogen) atoms. The molecule has 1 aliphatic heterocycles. The lowest BCUT2D eigenvalue weighted by Crippen LogP contribution is -2.54. The van der Waals surface area contributed by atoms with Gasteiger partial charge in [0.25, 0.3) is 17.7 Å². The van der Waals surface area contributed by atoms with Crippen LogP contribution in [0.15, 0.2) is 60.2 Å². The first-order chi connectivity index (χ1) is 18.6. The van der Waals surface area contributed by atoms with Gasteiger partial charge < -0.3 is 14.8 Å². The largest absolute Gasteiger partial charge is 0.493 e. The van der Waals surface area contributed by atoms with Crippen molar-refractivity contribution in [3.63, 3.8) is 0 Å². The van der Waals surface area contributed by atoms with Gasteiger partial charge in [0.05, 0.1) is 17.8 Å². The van der Waals surface area contributed by atoms with E-state index in [1.54, 1.807) is 0 Å². The Kier molecular flexibility index (Phi) is 7.96. The topological polar surface area (TPSA) is 114 Å². The smallest absolute Gasteiger partial charge is 0.335 e. The minimum Gasteiger partial charge on any atom is -0.493 e. The molecule has 3 aromatic rings. The van der Waals surface area contributed by atoms with Gasteiger partial charge in [0, 0.05) is 5.69 Å². The van der Waals surface area contributed by atoms with Gasteiger partial charge in [-0.3, -0.25) is 19.7 Å². The van der Waals surface area contributed by atoms with Crippen LogP contribution in [0.4, 0.5) is 20.6 Å². The van der Waals surface area contributed by atoms with E-state index in [2.05, 4.69) is 10.6 Å². The first kappa shape index (κ1) is 27.3. The second kappa shape index (κ2) is 11.4. The molecule has 0 aliphatic carbocycles. The van der Waals surface area contributed by atoms with Crippen molar-refractivity contribution in [3.8, 4) is 11.5 Å². The summed E-state index contributed by atoms with van der Waals surface area (Å²) in [4.78, 5) is 51.1. The van der Waals surface area contributed by atoms with Crippen LogP contribution >= 0.6 is 11.6 Å². The Morgan fingerprint density at radius 2 is 1.79 bits per heavy atom. The zero-order valence-corrected chi connectivity index (χ0v) is 21.9. The summed E-state index contributed by atoms with van der Waals surface area (Å²) in [5, 5.41) is 4.93. The van der Waals surface area contributed by atoms with Gasteiger partial charge in [-0.1, -0.05) is 23.7 Å². The van der Waals surface area contributed by atoms with Crippen LogP contribution in [-0.4, -0.2) is 37.5 Å². The van der Waals surface area contributed by atoms with E-state index in [9.17, 15) is 23.6 Å². The Bertz CT molecular complexity index is 1520. The fraction of sp³-hybridized carbons (Fsp3) is 0.143. The fourth-order valence-corrected chi connectivity index (χ4v) is 4.08. The summed E-state index contributed by atoms with van der Waals surface area (Å²) >= 11 is 6.40. The monoisotopic (exact) mass is 551 g/mol. The van der Waals surface area contributed by atoms with E-state index < -0.39 is 29.6 Å². The van der Waals surface area contributed by atoms with Crippen LogP contribution in [0, 0.1) is 19.7 Å². The predicted octanol–water partition coefficient (Wildman–Crippen LogP) is 4.79. The van der Waals surface area contributed by atoms with Gasteiger partial charge in [0.15, 0.2) is 18.1 Å². The Balaban J connectivity index is 1.55. The van der Waals surface area contributed by atoms with Gasteiger partial charge in [0.1, 0.15) is 11.4 Å². The lowest BCUT2D eigenvalue weighted by molar-refractivity contribution is -0.122. The van der Waals surface area contributed by atoms with E-state index in [0.29, 0.717) is 5.69 Å². The number of nitrogens with one attached hydrogen (secondary N) is 2. The quantitative estimate of drug-likeness (QED) is 0.322. The highest BCUT2D eigenvalue weighted by molar-refractivity contribution is 6.39. The molecule has 1 aliphatic rings. The maximum Gasteiger partial charge on any atom is 0.335 e. The maximum absolute atomic E-state index is 13.3. The SMILES string of the molecule is COc1cc(/C=C2\C(=O)NC(=O)N(c3ccc(F)cc3)C2=O)cc(Cl)c1OCC(=O)Nc1cc(C)ccc1C. The molecule has 0 atom stereocenters. The van der Waals surface area contributed by atoms with Crippen molar-refractivity contribution in [1.29, 1.82) is 0 Å².